The van der Waals surface area contributed by atoms with Crippen LogP contribution in [-0.4, -0.2) is 22.4 Å². The van der Waals surface area contributed by atoms with E-state index in [4.69, 9.17) is 5.26 Å². The van der Waals surface area contributed by atoms with E-state index in [1.807, 2.05) is 6.07 Å². The summed E-state index contributed by atoms with van der Waals surface area (Å²) < 4.78 is 25.5. The maximum atomic E-state index is 13.0. The Bertz CT molecular complexity index is 612. The molecule has 0 aromatic heterocycles. The number of halogens is 1. The van der Waals surface area contributed by atoms with Gasteiger partial charge >= 0.3 is 0 Å². The van der Waals surface area contributed by atoms with Crippen molar-refractivity contribution in [3.05, 3.63) is 30.1 Å². The van der Waals surface area contributed by atoms with E-state index in [1.54, 1.807) is 0 Å². The Balaban J connectivity index is 2.05. The van der Waals surface area contributed by atoms with Gasteiger partial charge in [-0.1, -0.05) is 13.3 Å². The largest absolute Gasteiger partial charge is 0.343 e. The third-order valence-electron chi connectivity index (χ3n) is 4.38. The van der Waals surface area contributed by atoms with Crippen LogP contribution in [-0.2, 0) is 15.6 Å². The highest BCUT2D eigenvalue weighted by atomic mass is 32.2. The van der Waals surface area contributed by atoms with Crippen LogP contribution in [0.5, 0.6) is 0 Å². The Morgan fingerprint density at radius 2 is 2.09 bits per heavy atom. The van der Waals surface area contributed by atoms with Crippen LogP contribution in [0.2, 0.25) is 0 Å². The molecule has 0 heterocycles. The fourth-order valence-electron chi connectivity index (χ4n) is 3.10. The first-order chi connectivity index (χ1) is 11.0. The van der Waals surface area contributed by atoms with Crippen molar-refractivity contribution in [1.82, 2.24) is 5.32 Å². The molecule has 6 heteroatoms. The Kier molecular flexibility index (Phi) is 6.28. The molecule has 0 spiro atoms. The summed E-state index contributed by atoms with van der Waals surface area (Å²) in [5.74, 6) is 0.170. The van der Waals surface area contributed by atoms with Crippen molar-refractivity contribution in [2.75, 3.05) is 12.3 Å². The zero-order valence-corrected chi connectivity index (χ0v) is 13.9. The molecule has 23 heavy (non-hydrogen) atoms. The molecule has 2 rings (SSSR count). The van der Waals surface area contributed by atoms with Crippen molar-refractivity contribution >= 4 is 16.7 Å². The smallest absolute Gasteiger partial charge is 0.224 e. The van der Waals surface area contributed by atoms with Crippen LogP contribution in [0.15, 0.2) is 29.2 Å². The molecular weight excluding hydrogens is 315 g/mol. The molecule has 1 N–H and O–H groups in total. The molecule has 124 valence electrons. The van der Waals surface area contributed by atoms with Gasteiger partial charge in [-0.3, -0.25) is 9.00 Å². The molecule has 1 aliphatic carbocycles. The van der Waals surface area contributed by atoms with Crippen LogP contribution in [0.1, 0.15) is 26.2 Å². The zero-order chi connectivity index (χ0) is 16.8. The normalized spacial score (nSPS) is 25.3. The van der Waals surface area contributed by atoms with Crippen molar-refractivity contribution in [3.63, 3.8) is 0 Å². The molecule has 0 radical (unpaired) electrons. The minimum Gasteiger partial charge on any atom is -0.343 e. The molecule has 1 aromatic rings. The van der Waals surface area contributed by atoms with Crippen molar-refractivity contribution in [2.45, 2.75) is 31.1 Å². The van der Waals surface area contributed by atoms with Gasteiger partial charge in [0.2, 0.25) is 5.91 Å². The summed E-state index contributed by atoms with van der Waals surface area (Å²) >= 11 is 0. The monoisotopic (exact) mass is 336 g/mol. The van der Waals surface area contributed by atoms with E-state index in [0.717, 1.165) is 19.3 Å². The third kappa shape index (κ3) is 4.87. The second-order valence-corrected chi connectivity index (χ2v) is 7.62. The van der Waals surface area contributed by atoms with Gasteiger partial charge in [0.05, 0.1) is 16.9 Å². The predicted molar refractivity (Wildman–Crippen MR) is 86.3 cm³/mol. The highest BCUT2D eigenvalue weighted by Gasteiger charge is 2.34. The number of nitrogens with one attached hydrogen (secondary N) is 1. The number of hydrogen-bond donors (Lipinski definition) is 1. The number of nitriles is 1. The van der Waals surface area contributed by atoms with E-state index in [0.29, 0.717) is 16.6 Å². The molecule has 1 saturated carbocycles. The average molecular weight is 336 g/mol. The second kappa shape index (κ2) is 8.21. The van der Waals surface area contributed by atoms with E-state index in [-0.39, 0.29) is 30.1 Å². The minimum atomic E-state index is -1.26. The van der Waals surface area contributed by atoms with E-state index in [1.165, 1.54) is 24.3 Å². The van der Waals surface area contributed by atoms with Crippen LogP contribution in [0, 0.1) is 34.9 Å². The second-order valence-electron chi connectivity index (χ2n) is 6.13. The van der Waals surface area contributed by atoms with Crippen LogP contribution in [0.25, 0.3) is 0 Å². The number of carbonyl (C=O) groups is 1. The van der Waals surface area contributed by atoms with E-state index in [2.05, 4.69) is 12.2 Å². The lowest BCUT2D eigenvalue weighted by atomic mass is 9.75. The van der Waals surface area contributed by atoms with Gasteiger partial charge in [0.15, 0.2) is 0 Å². The van der Waals surface area contributed by atoms with E-state index >= 15 is 0 Å². The highest BCUT2D eigenvalue weighted by Crippen LogP contribution is 2.35. The van der Waals surface area contributed by atoms with Gasteiger partial charge in [0, 0.05) is 16.6 Å². The van der Waals surface area contributed by atoms with Crippen LogP contribution >= 0.6 is 0 Å². The molecule has 1 fully saturated rings. The first kappa shape index (κ1) is 17.6. The van der Waals surface area contributed by atoms with Gasteiger partial charge < -0.3 is 5.32 Å². The summed E-state index contributed by atoms with van der Waals surface area (Å²) in [6, 6.07) is 7.56. The van der Waals surface area contributed by atoms with E-state index < -0.39 is 10.8 Å². The van der Waals surface area contributed by atoms with Crippen molar-refractivity contribution < 1.29 is 13.4 Å². The van der Waals surface area contributed by atoms with Crippen molar-refractivity contribution in [2.24, 2.45) is 17.8 Å². The summed E-state index contributed by atoms with van der Waals surface area (Å²) in [5.41, 5.74) is 0. The van der Waals surface area contributed by atoms with Gasteiger partial charge in [-0.2, -0.15) is 5.26 Å². The summed E-state index contributed by atoms with van der Waals surface area (Å²) in [5, 5.41) is 11.2. The number of benzene rings is 1. The molecule has 1 aromatic carbocycles. The summed E-state index contributed by atoms with van der Waals surface area (Å²) in [7, 11) is -1.26. The molecule has 0 bridgehead atoms. The van der Waals surface area contributed by atoms with Crippen molar-refractivity contribution in [3.8, 4) is 6.07 Å². The zero-order valence-electron chi connectivity index (χ0n) is 13.1. The molecular formula is C17H21FN2O2S. The fraction of sp³-hybridized carbons (Fsp3) is 0.529. The lowest BCUT2D eigenvalue weighted by molar-refractivity contribution is -0.127. The molecule has 1 amide bonds. The van der Waals surface area contributed by atoms with Gasteiger partial charge in [-0.15, -0.1) is 0 Å². The molecule has 0 saturated heterocycles. The first-order valence-corrected chi connectivity index (χ1v) is 9.11. The Morgan fingerprint density at radius 3 is 2.74 bits per heavy atom. The van der Waals surface area contributed by atoms with Crippen LogP contribution < -0.4 is 5.32 Å². The SMILES string of the molecule is CC1CCC(CS(=O)c2ccc(F)cc2)C(C(=O)NCC#N)C1. The van der Waals surface area contributed by atoms with Crippen LogP contribution in [0.4, 0.5) is 4.39 Å². The average Bonchev–Trinajstić information content (AvgIpc) is 2.54. The van der Waals surface area contributed by atoms with Gasteiger partial charge in [-0.05, 0) is 48.9 Å². The summed E-state index contributed by atoms with van der Waals surface area (Å²) in [6.07, 6.45) is 2.61. The van der Waals surface area contributed by atoms with E-state index in [9.17, 15) is 13.4 Å². The topological polar surface area (TPSA) is 70.0 Å². The van der Waals surface area contributed by atoms with Gasteiger partial charge in [0.25, 0.3) is 0 Å². The van der Waals surface area contributed by atoms with Crippen LogP contribution in [0.3, 0.4) is 0 Å². The standard InChI is InChI=1S/C17H21FN2O2S/c1-12-2-3-13(16(10-12)17(21)20-9-8-19)11-23(22)15-6-4-14(18)5-7-15/h4-7,12-13,16H,2-3,9-11H2,1H3,(H,20,21). The number of nitrogens with zero attached hydrogens (tertiary/aromatic N) is 1. The van der Waals surface area contributed by atoms with Gasteiger partial charge in [0.1, 0.15) is 12.4 Å². The molecule has 1 aliphatic rings. The first-order valence-electron chi connectivity index (χ1n) is 7.80. The maximum Gasteiger partial charge on any atom is 0.224 e. The Morgan fingerprint density at radius 1 is 1.39 bits per heavy atom. The molecule has 0 aliphatic heterocycles. The van der Waals surface area contributed by atoms with Gasteiger partial charge in [-0.25, -0.2) is 4.39 Å². The lowest BCUT2D eigenvalue weighted by Crippen LogP contribution is -2.40. The van der Waals surface area contributed by atoms with Crippen molar-refractivity contribution in [1.29, 1.82) is 5.26 Å². The Hall–Kier alpha value is -1.74. The predicted octanol–water partition coefficient (Wildman–Crippen LogP) is 2.63. The number of amides is 1. The Labute approximate surface area is 138 Å². The quantitative estimate of drug-likeness (QED) is 0.840. The number of rotatable bonds is 5. The molecule has 4 unspecified atom stereocenters. The highest BCUT2D eigenvalue weighted by molar-refractivity contribution is 7.85. The number of hydrogen-bond acceptors (Lipinski definition) is 3. The minimum absolute atomic E-state index is 0.00249. The third-order valence-corrected chi connectivity index (χ3v) is 5.90. The maximum absolute atomic E-state index is 13.0. The molecule has 4 atom stereocenters. The summed E-state index contributed by atoms with van der Waals surface area (Å²) in [4.78, 5) is 12.8. The summed E-state index contributed by atoms with van der Waals surface area (Å²) in [6.45, 7) is 2.11. The fourth-order valence-corrected chi connectivity index (χ4v) is 4.52. The lowest BCUT2D eigenvalue weighted by Gasteiger charge is -2.33. The number of carbonyl (C=O) groups excluding carboxylic acids is 1. The molecule has 4 nitrogen and oxygen atoms in total.